The van der Waals surface area contributed by atoms with Crippen LogP contribution in [0, 0.1) is 5.92 Å². The third-order valence-corrected chi connectivity index (χ3v) is 6.89. The van der Waals surface area contributed by atoms with E-state index in [1.54, 1.807) is 7.11 Å². The number of hydrogen-bond acceptors (Lipinski definition) is 6. The van der Waals surface area contributed by atoms with Crippen molar-refractivity contribution in [3.63, 3.8) is 0 Å². The zero-order chi connectivity index (χ0) is 20.9. The number of hydrogen-bond donors (Lipinski definition) is 0. The van der Waals surface area contributed by atoms with Crippen molar-refractivity contribution in [3.05, 3.63) is 24.3 Å². The summed E-state index contributed by atoms with van der Waals surface area (Å²) in [5.74, 6) is 2.89. The van der Waals surface area contributed by atoms with Crippen LogP contribution in [0.25, 0.3) is 11.4 Å². The maximum atomic E-state index is 12.7. The van der Waals surface area contributed by atoms with Gasteiger partial charge in [-0.2, -0.15) is 0 Å². The van der Waals surface area contributed by atoms with E-state index in [0.29, 0.717) is 18.2 Å². The van der Waals surface area contributed by atoms with Crippen LogP contribution in [0.15, 0.2) is 29.4 Å². The van der Waals surface area contributed by atoms with Crippen LogP contribution >= 0.6 is 11.8 Å². The average Bonchev–Trinajstić information content (AvgIpc) is 3.43. The quantitative estimate of drug-likeness (QED) is 0.627. The minimum atomic E-state index is 0.164. The van der Waals surface area contributed by atoms with Gasteiger partial charge in [-0.3, -0.25) is 9.36 Å². The molecule has 7 nitrogen and oxygen atoms in total. The molecule has 1 atom stereocenters. The van der Waals surface area contributed by atoms with E-state index >= 15 is 0 Å². The summed E-state index contributed by atoms with van der Waals surface area (Å²) in [6.45, 7) is 5.48. The van der Waals surface area contributed by atoms with E-state index < -0.39 is 0 Å². The van der Waals surface area contributed by atoms with Crippen molar-refractivity contribution >= 4 is 17.7 Å². The molecule has 2 saturated heterocycles. The van der Waals surface area contributed by atoms with Gasteiger partial charge in [0.1, 0.15) is 5.75 Å². The zero-order valence-corrected chi connectivity index (χ0v) is 18.6. The summed E-state index contributed by atoms with van der Waals surface area (Å²) < 4.78 is 13.2. The number of carbonyl (C=O) groups excluding carboxylic acids is 1. The van der Waals surface area contributed by atoms with Gasteiger partial charge in [-0.05, 0) is 55.9 Å². The SMILES string of the molecule is COc1ccc(-c2nnc(SCC(=O)N3CCC(C)CC3)n2CC2CCCO2)cc1. The Hall–Kier alpha value is -2.06. The number of aromatic nitrogens is 3. The minimum Gasteiger partial charge on any atom is -0.497 e. The topological polar surface area (TPSA) is 69.5 Å². The lowest BCUT2D eigenvalue weighted by atomic mass is 9.99. The molecule has 4 rings (SSSR count). The molecule has 2 aromatic rings. The summed E-state index contributed by atoms with van der Waals surface area (Å²) in [4.78, 5) is 14.7. The van der Waals surface area contributed by atoms with E-state index in [2.05, 4.69) is 21.7 Å². The lowest BCUT2D eigenvalue weighted by Crippen LogP contribution is -2.38. The molecule has 1 amide bonds. The molecule has 2 aliphatic rings. The fourth-order valence-corrected chi connectivity index (χ4v) is 4.83. The second kappa shape index (κ2) is 9.83. The average molecular weight is 431 g/mol. The highest BCUT2D eigenvalue weighted by molar-refractivity contribution is 7.99. The number of rotatable bonds is 7. The molecule has 8 heteroatoms. The normalized spacial score (nSPS) is 19.9. The van der Waals surface area contributed by atoms with Crippen molar-refractivity contribution in [1.82, 2.24) is 19.7 Å². The molecule has 0 aliphatic carbocycles. The van der Waals surface area contributed by atoms with Crippen LogP contribution < -0.4 is 4.74 Å². The molecule has 0 spiro atoms. The Morgan fingerprint density at radius 3 is 2.63 bits per heavy atom. The van der Waals surface area contributed by atoms with Crippen molar-refractivity contribution in [2.24, 2.45) is 5.92 Å². The Kier molecular flexibility index (Phi) is 6.94. The van der Waals surface area contributed by atoms with Crippen LogP contribution in [0.3, 0.4) is 0 Å². The van der Waals surface area contributed by atoms with Gasteiger partial charge in [0.2, 0.25) is 5.91 Å². The second-order valence-electron chi connectivity index (χ2n) is 8.13. The first kappa shape index (κ1) is 21.2. The van der Waals surface area contributed by atoms with Gasteiger partial charge < -0.3 is 14.4 Å². The van der Waals surface area contributed by atoms with Crippen LogP contribution in [0.1, 0.15) is 32.6 Å². The molecule has 3 heterocycles. The van der Waals surface area contributed by atoms with Crippen molar-refractivity contribution in [3.8, 4) is 17.1 Å². The van der Waals surface area contributed by atoms with E-state index in [1.807, 2.05) is 29.2 Å². The third-order valence-electron chi connectivity index (χ3n) is 5.94. The molecule has 0 N–H and O–H groups in total. The Morgan fingerprint density at radius 2 is 1.97 bits per heavy atom. The second-order valence-corrected chi connectivity index (χ2v) is 9.07. The van der Waals surface area contributed by atoms with Crippen LogP contribution in [0.4, 0.5) is 0 Å². The maximum Gasteiger partial charge on any atom is 0.233 e. The van der Waals surface area contributed by atoms with Gasteiger partial charge in [0.15, 0.2) is 11.0 Å². The summed E-state index contributed by atoms with van der Waals surface area (Å²) in [5, 5.41) is 9.65. The van der Waals surface area contributed by atoms with E-state index in [9.17, 15) is 4.79 Å². The number of nitrogens with zero attached hydrogens (tertiary/aromatic N) is 4. The summed E-state index contributed by atoms with van der Waals surface area (Å²) in [6, 6.07) is 7.83. The first-order valence-corrected chi connectivity index (χ1v) is 11.7. The Bertz CT molecular complexity index is 841. The van der Waals surface area contributed by atoms with Gasteiger partial charge in [0.05, 0.1) is 25.5 Å². The number of methoxy groups -OCH3 is 1. The highest BCUT2D eigenvalue weighted by atomic mass is 32.2. The van der Waals surface area contributed by atoms with Gasteiger partial charge in [-0.15, -0.1) is 10.2 Å². The van der Waals surface area contributed by atoms with E-state index in [4.69, 9.17) is 9.47 Å². The number of amides is 1. The van der Waals surface area contributed by atoms with Crippen LogP contribution in [0.5, 0.6) is 5.75 Å². The highest BCUT2D eigenvalue weighted by Gasteiger charge is 2.24. The van der Waals surface area contributed by atoms with Crippen molar-refractivity contribution in [2.45, 2.75) is 50.4 Å². The monoisotopic (exact) mass is 430 g/mol. The first-order chi connectivity index (χ1) is 14.6. The minimum absolute atomic E-state index is 0.164. The molecule has 1 aromatic heterocycles. The summed E-state index contributed by atoms with van der Waals surface area (Å²) in [5.41, 5.74) is 0.976. The van der Waals surface area contributed by atoms with Crippen LogP contribution in [0.2, 0.25) is 0 Å². The predicted octanol–water partition coefficient (Wildman–Crippen LogP) is 3.48. The Balaban J connectivity index is 1.49. The van der Waals surface area contributed by atoms with Crippen molar-refractivity contribution in [2.75, 3.05) is 32.6 Å². The smallest absolute Gasteiger partial charge is 0.233 e. The van der Waals surface area contributed by atoms with Crippen LogP contribution in [-0.2, 0) is 16.1 Å². The number of likely N-dealkylation sites (tertiary alicyclic amines) is 1. The molecule has 30 heavy (non-hydrogen) atoms. The predicted molar refractivity (Wildman–Crippen MR) is 117 cm³/mol. The van der Waals surface area contributed by atoms with Gasteiger partial charge >= 0.3 is 0 Å². The third kappa shape index (κ3) is 4.98. The van der Waals surface area contributed by atoms with E-state index in [0.717, 1.165) is 67.7 Å². The summed E-state index contributed by atoms with van der Waals surface area (Å²) >= 11 is 1.47. The molecule has 0 radical (unpaired) electrons. The highest BCUT2D eigenvalue weighted by Crippen LogP contribution is 2.28. The Morgan fingerprint density at radius 1 is 1.20 bits per heavy atom. The molecule has 162 valence electrons. The molecule has 0 bridgehead atoms. The zero-order valence-electron chi connectivity index (χ0n) is 17.7. The number of thioether (sulfide) groups is 1. The number of carbonyl (C=O) groups is 1. The van der Waals surface area contributed by atoms with Crippen molar-refractivity contribution < 1.29 is 14.3 Å². The number of ether oxygens (including phenoxy) is 2. The van der Waals surface area contributed by atoms with E-state index in [-0.39, 0.29) is 12.0 Å². The largest absolute Gasteiger partial charge is 0.497 e. The first-order valence-electron chi connectivity index (χ1n) is 10.7. The molecule has 0 saturated carbocycles. The lowest BCUT2D eigenvalue weighted by Gasteiger charge is -2.30. The lowest BCUT2D eigenvalue weighted by molar-refractivity contribution is -0.129. The molecular formula is C22H30N4O3S. The maximum absolute atomic E-state index is 12.7. The molecule has 1 aromatic carbocycles. The molecular weight excluding hydrogens is 400 g/mol. The summed E-state index contributed by atoms with van der Waals surface area (Å²) in [7, 11) is 1.66. The fourth-order valence-electron chi connectivity index (χ4n) is 3.98. The van der Waals surface area contributed by atoms with Gasteiger partial charge in [-0.1, -0.05) is 18.7 Å². The standard InChI is InChI=1S/C22H30N4O3S/c1-16-9-11-25(12-10-16)20(27)15-30-22-24-23-21(17-5-7-18(28-2)8-6-17)26(22)14-19-4-3-13-29-19/h5-8,16,19H,3-4,9-15H2,1-2H3. The molecule has 2 fully saturated rings. The van der Waals surface area contributed by atoms with Gasteiger partial charge in [-0.25, -0.2) is 0 Å². The van der Waals surface area contributed by atoms with Crippen LogP contribution in [-0.4, -0.2) is 64.2 Å². The molecule has 1 unspecified atom stereocenters. The van der Waals surface area contributed by atoms with Gasteiger partial charge in [0, 0.05) is 25.3 Å². The van der Waals surface area contributed by atoms with Crippen molar-refractivity contribution in [1.29, 1.82) is 0 Å². The molecule has 2 aliphatic heterocycles. The summed E-state index contributed by atoms with van der Waals surface area (Å²) in [6.07, 6.45) is 4.46. The number of benzene rings is 1. The van der Waals surface area contributed by atoms with E-state index in [1.165, 1.54) is 11.8 Å². The van der Waals surface area contributed by atoms with Gasteiger partial charge in [0.25, 0.3) is 0 Å². The number of piperidine rings is 1. The fraction of sp³-hybridized carbons (Fsp3) is 0.591. The Labute approximate surface area is 182 Å².